The second-order valence-corrected chi connectivity index (χ2v) is 9.36. The molecule has 0 saturated heterocycles. The molecule has 0 spiro atoms. The quantitative estimate of drug-likeness (QED) is 0.250. The molecule has 38 heavy (non-hydrogen) atoms. The Balaban J connectivity index is 1.48. The molecule has 0 aliphatic rings. The topological polar surface area (TPSA) is 64.9 Å². The second-order valence-electron chi connectivity index (χ2n) is 9.36. The SMILES string of the molecule is COc1ccc(NC(=O)CCc2c(-c3ccccc3)nc3ccc(-c4cc(C)ccc4C)cn23)cc1OC. The molecule has 1 amide bonds. The van der Waals surface area contributed by atoms with Gasteiger partial charge in [0, 0.05) is 29.9 Å². The number of hydrogen-bond donors (Lipinski definition) is 1. The van der Waals surface area contributed by atoms with Gasteiger partial charge in [0.2, 0.25) is 5.91 Å². The minimum absolute atomic E-state index is 0.0862. The van der Waals surface area contributed by atoms with Crippen LogP contribution in [0.3, 0.4) is 0 Å². The Labute approximate surface area is 222 Å². The molecule has 0 aliphatic heterocycles. The maximum absolute atomic E-state index is 13.0. The lowest BCUT2D eigenvalue weighted by atomic mass is 10.00. The van der Waals surface area contributed by atoms with Gasteiger partial charge in [-0.1, -0.05) is 54.1 Å². The standard InChI is InChI=1S/C32H31N3O3/c1-21-10-11-22(2)26(18-21)24-12-16-30-34-32(23-8-6-5-7-9-23)27(35(30)20-24)14-17-31(36)33-25-13-15-28(37-3)29(19-25)38-4/h5-13,15-16,18-20H,14,17H2,1-4H3,(H,33,36). The van der Waals surface area contributed by atoms with Crippen molar-refractivity contribution < 1.29 is 14.3 Å². The summed E-state index contributed by atoms with van der Waals surface area (Å²) in [6.45, 7) is 4.23. The number of carbonyl (C=O) groups is 1. The molecule has 0 aliphatic carbocycles. The lowest BCUT2D eigenvalue weighted by Crippen LogP contribution is -2.13. The summed E-state index contributed by atoms with van der Waals surface area (Å²) in [6, 6.07) is 26.1. The van der Waals surface area contributed by atoms with Crippen LogP contribution in [-0.2, 0) is 11.2 Å². The first-order chi connectivity index (χ1) is 18.5. The van der Waals surface area contributed by atoms with Crippen molar-refractivity contribution in [1.82, 2.24) is 9.38 Å². The zero-order valence-electron chi connectivity index (χ0n) is 22.1. The van der Waals surface area contributed by atoms with Gasteiger partial charge in [-0.3, -0.25) is 4.79 Å². The van der Waals surface area contributed by atoms with Crippen LogP contribution >= 0.6 is 0 Å². The highest BCUT2D eigenvalue weighted by Crippen LogP contribution is 2.31. The summed E-state index contributed by atoms with van der Waals surface area (Å²) in [7, 11) is 3.16. The van der Waals surface area contributed by atoms with E-state index < -0.39 is 0 Å². The molecular weight excluding hydrogens is 474 g/mol. The molecule has 1 N–H and O–H groups in total. The molecule has 192 valence electrons. The van der Waals surface area contributed by atoms with Gasteiger partial charge in [-0.2, -0.15) is 0 Å². The number of imidazole rings is 1. The number of ether oxygens (including phenoxy) is 2. The summed E-state index contributed by atoms with van der Waals surface area (Å²) in [6.07, 6.45) is 2.97. The molecule has 2 heterocycles. The van der Waals surface area contributed by atoms with Crippen molar-refractivity contribution in [2.45, 2.75) is 26.7 Å². The van der Waals surface area contributed by atoms with E-state index in [1.807, 2.05) is 18.2 Å². The molecule has 0 unspecified atom stereocenters. The molecule has 6 heteroatoms. The first kappa shape index (κ1) is 25.1. The van der Waals surface area contributed by atoms with Crippen LogP contribution < -0.4 is 14.8 Å². The number of benzene rings is 3. The number of pyridine rings is 1. The van der Waals surface area contributed by atoms with Crippen molar-refractivity contribution in [1.29, 1.82) is 0 Å². The fraction of sp³-hybridized carbons (Fsp3) is 0.188. The van der Waals surface area contributed by atoms with E-state index in [9.17, 15) is 4.79 Å². The van der Waals surface area contributed by atoms with Crippen molar-refractivity contribution in [3.05, 3.63) is 102 Å². The van der Waals surface area contributed by atoms with Crippen molar-refractivity contribution in [2.24, 2.45) is 0 Å². The number of rotatable bonds is 8. The lowest BCUT2D eigenvalue weighted by Gasteiger charge is -2.12. The number of nitrogens with zero attached hydrogens (tertiary/aromatic N) is 2. The molecule has 6 nitrogen and oxygen atoms in total. The van der Waals surface area contributed by atoms with Crippen LogP contribution in [0.1, 0.15) is 23.2 Å². The highest BCUT2D eigenvalue weighted by molar-refractivity contribution is 5.91. The summed E-state index contributed by atoms with van der Waals surface area (Å²) < 4.78 is 12.8. The van der Waals surface area contributed by atoms with Crippen LogP contribution in [0.25, 0.3) is 28.0 Å². The van der Waals surface area contributed by atoms with Crippen LogP contribution in [0.15, 0.2) is 85.1 Å². The Kier molecular flexibility index (Phi) is 7.13. The summed E-state index contributed by atoms with van der Waals surface area (Å²) >= 11 is 0. The molecule has 0 saturated carbocycles. The van der Waals surface area contributed by atoms with Crippen molar-refractivity contribution in [3.63, 3.8) is 0 Å². The van der Waals surface area contributed by atoms with Gasteiger partial charge in [-0.25, -0.2) is 4.98 Å². The molecule has 2 aromatic heterocycles. The Morgan fingerprint density at radius 3 is 2.42 bits per heavy atom. The fourth-order valence-electron chi connectivity index (χ4n) is 4.73. The molecule has 0 fully saturated rings. The number of hydrogen-bond acceptors (Lipinski definition) is 4. The van der Waals surface area contributed by atoms with Crippen molar-refractivity contribution in [2.75, 3.05) is 19.5 Å². The third-order valence-corrected chi connectivity index (χ3v) is 6.72. The van der Waals surface area contributed by atoms with Crippen LogP contribution in [0.2, 0.25) is 0 Å². The summed E-state index contributed by atoms with van der Waals surface area (Å²) in [5, 5.41) is 2.98. The molecule has 0 bridgehead atoms. The van der Waals surface area contributed by atoms with E-state index in [4.69, 9.17) is 14.5 Å². The Morgan fingerprint density at radius 2 is 1.66 bits per heavy atom. The van der Waals surface area contributed by atoms with Gasteiger partial charge in [-0.05, 0) is 61.2 Å². The molecule has 5 aromatic rings. The zero-order valence-corrected chi connectivity index (χ0v) is 22.1. The van der Waals surface area contributed by atoms with Crippen LogP contribution in [0, 0.1) is 13.8 Å². The average Bonchev–Trinajstić information content (AvgIpc) is 3.31. The molecule has 0 radical (unpaired) electrons. The summed E-state index contributed by atoms with van der Waals surface area (Å²) in [4.78, 5) is 18.0. The fourth-order valence-corrected chi connectivity index (χ4v) is 4.73. The predicted octanol–water partition coefficient (Wildman–Crippen LogP) is 6.87. The van der Waals surface area contributed by atoms with E-state index in [0.29, 0.717) is 30.0 Å². The van der Waals surface area contributed by atoms with E-state index >= 15 is 0 Å². The average molecular weight is 506 g/mol. The van der Waals surface area contributed by atoms with Gasteiger partial charge in [0.25, 0.3) is 0 Å². The minimum atomic E-state index is -0.0862. The number of amides is 1. The maximum Gasteiger partial charge on any atom is 0.224 e. The van der Waals surface area contributed by atoms with Gasteiger partial charge in [-0.15, -0.1) is 0 Å². The number of aryl methyl sites for hydroxylation is 3. The normalized spacial score (nSPS) is 10.9. The number of fused-ring (bicyclic) bond motifs is 1. The smallest absolute Gasteiger partial charge is 0.224 e. The molecule has 5 rings (SSSR count). The number of nitrogens with one attached hydrogen (secondary N) is 1. The number of aromatic nitrogens is 2. The summed E-state index contributed by atoms with van der Waals surface area (Å²) in [5.74, 6) is 1.10. The monoisotopic (exact) mass is 505 g/mol. The lowest BCUT2D eigenvalue weighted by molar-refractivity contribution is -0.116. The first-order valence-corrected chi connectivity index (χ1v) is 12.6. The number of anilines is 1. The molecule has 0 atom stereocenters. The van der Waals surface area contributed by atoms with Crippen LogP contribution in [-0.4, -0.2) is 29.5 Å². The van der Waals surface area contributed by atoms with Crippen LogP contribution in [0.5, 0.6) is 11.5 Å². The Hall–Kier alpha value is -4.58. The minimum Gasteiger partial charge on any atom is -0.493 e. The van der Waals surface area contributed by atoms with Crippen LogP contribution in [0.4, 0.5) is 5.69 Å². The van der Waals surface area contributed by atoms with Gasteiger partial charge in [0.1, 0.15) is 5.65 Å². The Morgan fingerprint density at radius 1 is 0.868 bits per heavy atom. The highest BCUT2D eigenvalue weighted by atomic mass is 16.5. The van der Waals surface area contributed by atoms with Crippen molar-refractivity contribution >= 4 is 17.2 Å². The first-order valence-electron chi connectivity index (χ1n) is 12.6. The van der Waals surface area contributed by atoms with E-state index in [2.05, 4.69) is 72.2 Å². The van der Waals surface area contributed by atoms with E-state index in [0.717, 1.165) is 28.2 Å². The molecular formula is C32H31N3O3. The predicted molar refractivity (Wildman–Crippen MR) is 152 cm³/mol. The third kappa shape index (κ3) is 5.11. The second kappa shape index (κ2) is 10.8. The van der Waals surface area contributed by atoms with E-state index in [1.54, 1.807) is 32.4 Å². The number of methoxy groups -OCH3 is 2. The van der Waals surface area contributed by atoms with E-state index in [-0.39, 0.29) is 5.91 Å². The maximum atomic E-state index is 13.0. The van der Waals surface area contributed by atoms with Gasteiger partial charge in [0.15, 0.2) is 11.5 Å². The van der Waals surface area contributed by atoms with Crippen molar-refractivity contribution in [3.8, 4) is 33.9 Å². The highest BCUT2D eigenvalue weighted by Gasteiger charge is 2.17. The van der Waals surface area contributed by atoms with Gasteiger partial charge < -0.3 is 19.2 Å². The Bertz CT molecular complexity index is 1610. The molecule has 3 aromatic carbocycles. The summed E-state index contributed by atoms with van der Waals surface area (Å²) in [5.41, 5.74) is 9.18. The third-order valence-electron chi connectivity index (χ3n) is 6.72. The zero-order chi connectivity index (χ0) is 26.6. The van der Waals surface area contributed by atoms with Gasteiger partial charge >= 0.3 is 0 Å². The van der Waals surface area contributed by atoms with E-state index in [1.165, 1.54) is 16.7 Å². The number of carbonyl (C=O) groups excluding carboxylic acids is 1. The largest absolute Gasteiger partial charge is 0.493 e. The van der Waals surface area contributed by atoms with Gasteiger partial charge in [0.05, 0.1) is 25.6 Å².